The molecule has 2 rings (SSSR count). The van der Waals surface area contributed by atoms with E-state index >= 15 is 0 Å². The van der Waals surface area contributed by atoms with Crippen LogP contribution in [0.1, 0.15) is 18.9 Å². The second-order valence-electron chi connectivity index (χ2n) is 5.13. The van der Waals surface area contributed by atoms with Crippen molar-refractivity contribution >= 4 is 9.84 Å². The monoisotopic (exact) mass is 301 g/mol. The first-order valence-corrected chi connectivity index (χ1v) is 8.08. The van der Waals surface area contributed by atoms with Gasteiger partial charge in [-0.3, -0.25) is 0 Å². The summed E-state index contributed by atoms with van der Waals surface area (Å²) in [5, 5.41) is 3.26. The Hall–Kier alpha value is -1.41. The quantitative estimate of drug-likeness (QED) is 0.828. The van der Waals surface area contributed by atoms with Gasteiger partial charge in [0.1, 0.15) is 6.33 Å². The summed E-state index contributed by atoms with van der Waals surface area (Å²) in [5.74, 6) is 1.21. The lowest BCUT2D eigenvalue weighted by molar-refractivity contribution is 0.344. The molecule has 1 fully saturated rings. The fourth-order valence-electron chi connectivity index (χ4n) is 2.34. The molecule has 1 N–H and O–H groups in total. The van der Waals surface area contributed by atoms with Crippen molar-refractivity contribution < 1.29 is 17.9 Å². The smallest absolute Gasteiger partial charge is 0.224 e. The maximum absolute atomic E-state index is 11.6. The summed E-state index contributed by atoms with van der Waals surface area (Å²) >= 11 is 0. The molecular formula is C12H19N3O4S. The zero-order chi connectivity index (χ0) is 14.8. The maximum atomic E-state index is 11.6. The van der Waals surface area contributed by atoms with Crippen LogP contribution in [0.15, 0.2) is 6.33 Å². The molecule has 112 valence electrons. The molecule has 1 aromatic heterocycles. The largest absolute Gasteiger partial charge is 0.481 e. The summed E-state index contributed by atoms with van der Waals surface area (Å²) in [6.07, 6.45) is 1.95. The minimum absolute atomic E-state index is 0.137. The van der Waals surface area contributed by atoms with E-state index in [1.54, 1.807) is 0 Å². The molecule has 0 aromatic carbocycles. The first kappa shape index (κ1) is 15.0. The molecule has 2 heterocycles. The number of hydrogen-bond donors (Lipinski definition) is 1. The molecule has 1 unspecified atom stereocenters. The van der Waals surface area contributed by atoms with Gasteiger partial charge in [-0.05, 0) is 13.3 Å². The Labute approximate surface area is 118 Å². The van der Waals surface area contributed by atoms with Crippen molar-refractivity contribution in [1.29, 1.82) is 0 Å². The van der Waals surface area contributed by atoms with E-state index in [0.29, 0.717) is 30.3 Å². The summed E-state index contributed by atoms with van der Waals surface area (Å²) in [4.78, 5) is 8.06. The molecule has 1 saturated heterocycles. The van der Waals surface area contributed by atoms with Crippen molar-refractivity contribution in [3.05, 3.63) is 11.9 Å². The number of sulfone groups is 1. The third-order valence-corrected chi connectivity index (χ3v) is 5.35. The standard InChI is InChI=1S/C12H19N3O4S/c1-12(4-5-20(16,17)7-12)15-6-9-10(18-2)13-8-14-11(9)19-3/h8,15H,4-7H2,1-3H3. The number of ether oxygens (including phenoxy) is 2. The van der Waals surface area contributed by atoms with Crippen LogP contribution in [-0.4, -0.2) is 49.6 Å². The number of rotatable bonds is 5. The molecule has 0 bridgehead atoms. The van der Waals surface area contributed by atoms with Gasteiger partial charge >= 0.3 is 0 Å². The van der Waals surface area contributed by atoms with E-state index < -0.39 is 15.4 Å². The van der Waals surface area contributed by atoms with E-state index in [-0.39, 0.29) is 11.5 Å². The second kappa shape index (κ2) is 5.53. The number of nitrogens with zero attached hydrogens (tertiary/aromatic N) is 2. The fourth-order valence-corrected chi connectivity index (χ4v) is 4.46. The van der Waals surface area contributed by atoms with Crippen molar-refractivity contribution in [3.8, 4) is 11.8 Å². The highest BCUT2D eigenvalue weighted by Gasteiger charge is 2.38. The molecule has 7 nitrogen and oxygen atoms in total. The van der Waals surface area contributed by atoms with Crippen LogP contribution in [0.3, 0.4) is 0 Å². The SMILES string of the molecule is COc1ncnc(OC)c1CNC1(C)CCS(=O)(=O)C1. The van der Waals surface area contributed by atoms with E-state index in [2.05, 4.69) is 15.3 Å². The van der Waals surface area contributed by atoms with Gasteiger partial charge in [-0.15, -0.1) is 0 Å². The summed E-state index contributed by atoms with van der Waals surface area (Å²) in [7, 11) is 0.0958. The number of hydrogen-bond acceptors (Lipinski definition) is 7. The van der Waals surface area contributed by atoms with Crippen LogP contribution in [-0.2, 0) is 16.4 Å². The third-order valence-electron chi connectivity index (χ3n) is 3.45. The highest BCUT2D eigenvalue weighted by Crippen LogP contribution is 2.27. The topological polar surface area (TPSA) is 90.4 Å². The molecule has 0 amide bonds. The Morgan fingerprint density at radius 2 is 1.90 bits per heavy atom. The number of methoxy groups -OCH3 is 2. The van der Waals surface area contributed by atoms with Crippen molar-refractivity contribution in [2.24, 2.45) is 0 Å². The van der Waals surface area contributed by atoms with Crippen molar-refractivity contribution in [2.75, 3.05) is 25.7 Å². The van der Waals surface area contributed by atoms with Gasteiger partial charge in [-0.1, -0.05) is 0 Å². The number of nitrogens with one attached hydrogen (secondary N) is 1. The summed E-state index contributed by atoms with van der Waals surface area (Å²) in [5.41, 5.74) is 0.244. The minimum atomic E-state index is -2.95. The Morgan fingerprint density at radius 3 is 2.35 bits per heavy atom. The van der Waals surface area contributed by atoms with E-state index in [9.17, 15) is 8.42 Å². The van der Waals surface area contributed by atoms with Crippen LogP contribution < -0.4 is 14.8 Å². The fraction of sp³-hybridized carbons (Fsp3) is 0.667. The molecule has 8 heteroatoms. The van der Waals surface area contributed by atoms with E-state index in [1.165, 1.54) is 20.5 Å². The molecule has 0 radical (unpaired) electrons. The van der Waals surface area contributed by atoms with Crippen molar-refractivity contribution in [2.45, 2.75) is 25.4 Å². The average Bonchev–Trinajstić information content (AvgIpc) is 2.70. The molecule has 0 saturated carbocycles. The van der Waals surface area contributed by atoms with E-state index in [1.807, 2.05) is 6.92 Å². The predicted octanol–water partition coefficient (Wildman–Crippen LogP) is 0.161. The van der Waals surface area contributed by atoms with Crippen LogP contribution in [0.4, 0.5) is 0 Å². The molecule has 1 aromatic rings. The summed E-state index contributed by atoms with van der Waals surface area (Å²) < 4.78 is 33.6. The maximum Gasteiger partial charge on any atom is 0.224 e. The Kier molecular flexibility index (Phi) is 4.14. The van der Waals surface area contributed by atoms with Gasteiger partial charge in [0.15, 0.2) is 9.84 Å². The lowest BCUT2D eigenvalue weighted by Gasteiger charge is -2.24. The van der Waals surface area contributed by atoms with Crippen molar-refractivity contribution in [3.63, 3.8) is 0 Å². The first-order valence-electron chi connectivity index (χ1n) is 6.26. The van der Waals surface area contributed by atoms with Gasteiger partial charge in [-0.25, -0.2) is 18.4 Å². The van der Waals surface area contributed by atoms with Gasteiger partial charge in [0, 0.05) is 12.1 Å². The zero-order valence-corrected chi connectivity index (χ0v) is 12.7. The Morgan fingerprint density at radius 1 is 1.30 bits per heavy atom. The zero-order valence-electron chi connectivity index (χ0n) is 11.8. The van der Waals surface area contributed by atoms with Gasteiger partial charge in [0.05, 0.1) is 31.3 Å². The van der Waals surface area contributed by atoms with Crippen molar-refractivity contribution in [1.82, 2.24) is 15.3 Å². The highest BCUT2D eigenvalue weighted by molar-refractivity contribution is 7.91. The number of aromatic nitrogens is 2. The normalized spacial score (nSPS) is 24.6. The van der Waals surface area contributed by atoms with Crippen LogP contribution in [0, 0.1) is 0 Å². The van der Waals surface area contributed by atoms with Crippen LogP contribution in [0.5, 0.6) is 11.8 Å². The molecule has 20 heavy (non-hydrogen) atoms. The molecule has 1 aliphatic rings. The van der Waals surface area contributed by atoms with Gasteiger partial charge in [0.2, 0.25) is 11.8 Å². The van der Waals surface area contributed by atoms with Crippen LogP contribution in [0.25, 0.3) is 0 Å². The van der Waals surface area contributed by atoms with Gasteiger partial charge in [0.25, 0.3) is 0 Å². The highest BCUT2D eigenvalue weighted by atomic mass is 32.2. The van der Waals surface area contributed by atoms with E-state index in [0.717, 1.165) is 0 Å². The molecule has 1 atom stereocenters. The summed E-state index contributed by atoms with van der Waals surface area (Å²) in [6.45, 7) is 2.29. The Bertz CT molecular complexity index is 568. The molecule has 0 spiro atoms. The third kappa shape index (κ3) is 3.18. The van der Waals surface area contributed by atoms with Gasteiger partial charge < -0.3 is 14.8 Å². The lowest BCUT2D eigenvalue weighted by Crippen LogP contribution is -2.43. The second-order valence-corrected chi connectivity index (χ2v) is 7.31. The lowest BCUT2D eigenvalue weighted by atomic mass is 10.0. The molecule has 1 aliphatic heterocycles. The molecular weight excluding hydrogens is 282 g/mol. The van der Waals surface area contributed by atoms with E-state index in [4.69, 9.17) is 9.47 Å². The van der Waals surface area contributed by atoms with Gasteiger partial charge in [-0.2, -0.15) is 0 Å². The summed E-state index contributed by atoms with van der Waals surface area (Å²) in [6, 6.07) is 0. The van der Waals surface area contributed by atoms with Crippen LogP contribution in [0.2, 0.25) is 0 Å². The van der Waals surface area contributed by atoms with Crippen LogP contribution >= 0.6 is 0 Å². The first-order chi connectivity index (χ1) is 9.39. The minimum Gasteiger partial charge on any atom is -0.481 e. The predicted molar refractivity (Wildman–Crippen MR) is 73.7 cm³/mol. The average molecular weight is 301 g/mol. The molecule has 0 aliphatic carbocycles. The Balaban J connectivity index is 2.15.